The monoisotopic (exact) mass is 407 g/mol. The van der Waals surface area contributed by atoms with Crippen LogP contribution in [0.5, 0.6) is 0 Å². The van der Waals surface area contributed by atoms with E-state index in [-0.39, 0.29) is 17.7 Å². The second-order valence-corrected chi connectivity index (χ2v) is 8.58. The minimum Gasteiger partial charge on any atom is -0.348 e. The number of aryl methyl sites for hydroxylation is 2. The zero-order chi connectivity index (χ0) is 21.3. The van der Waals surface area contributed by atoms with Gasteiger partial charge in [0.2, 0.25) is 5.91 Å². The first-order valence-electron chi connectivity index (χ1n) is 10.6. The molecule has 1 fully saturated rings. The van der Waals surface area contributed by atoms with Gasteiger partial charge in [-0.25, -0.2) is 9.97 Å². The number of likely N-dealkylation sites (tertiary alicyclic amines) is 1. The Morgan fingerprint density at radius 3 is 2.70 bits per heavy atom. The summed E-state index contributed by atoms with van der Waals surface area (Å²) in [7, 11) is 3.56. The van der Waals surface area contributed by atoms with Gasteiger partial charge in [-0.05, 0) is 24.5 Å². The second kappa shape index (κ2) is 8.14. The highest BCUT2D eigenvalue weighted by Crippen LogP contribution is 2.36. The van der Waals surface area contributed by atoms with Crippen LogP contribution in [-0.2, 0) is 24.2 Å². The molecule has 2 amide bonds. The fourth-order valence-electron chi connectivity index (χ4n) is 4.71. The van der Waals surface area contributed by atoms with Gasteiger partial charge in [0.15, 0.2) is 0 Å². The molecule has 0 bridgehead atoms. The molecule has 7 heteroatoms. The first kappa shape index (κ1) is 20.5. The van der Waals surface area contributed by atoms with Crippen molar-refractivity contribution in [3.8, 4) is 0 Å². The summed E-state index contributed by atoms with van der Waals surface area (Å²) in [6.45, 7) is 3.92. The van der Waals surface area contributed by atoms with E-state index in [9.17, 15) is 9.59 Å². The molecule has 1 N–H and O–H groups in total. The number of carbonyl (C=O) groups excluding carboxylic acids is 2. The van der Waals surface area contributed by atoms with Crippen molar-refractivity contribution < 1.29 is 9.59 Å². The molecule has 30 heavy (non-hydrogen) atoms. The third-order valence-corrected chi connectivity index (χ3v) is 6.30. The van der Waals surface area contributed by atoms with Gasteiger partial charge in [0.05, 0.1) is 11.5 Å². The van der Waals surface area contributed by atoms with E-state index >= 15 is 0 Å². The van der Waals surface area contributed by atoms with Gasteiger partial charge < -0.3 is 10.2 Å². The van der Waals surface area contributed by atoms with Crippen molar-refractivity contribution in [2.24, 2.45) is 5.92 Å². The van der Waals surface area contributed by atoms with Gasteiger partial charge in [-0.15, -0.1) is 0 Å². The van der Waals surface area contributed by atoms with Crippen LogP contribution in [0, 0.1) is 5.92 Å². The summed E-state index contributed by atoms with van der Waals surface area (Å²) >= 11 is 0. The topological polar surface area (TPSA) is 78.4 Å². The Morgan fingerprint density at radius 2 is 2.00 bits per heavy atom. The highest BCUT2D eigenvalue weighted by atomic mass is 16.2. The molecule has 1 saturated heterocycles. The molecule has 0 saturated carbocycles. The predicted octanol–water partition coefficient (Wildman–Crippen LogP) is 1.67. The van der Waals surface area contributed by atoms with Gasteiger partial charge in [0.25, 0.3) is 5.91 Å². The molecule has 0 aliphatic carbocycles. The number of amides is 2. The van der Waals surface area contributed by atoms with Gasteiger partial charge in [0, 0.05) is 63.7 Å². The van der Waals surface area contributed by atoms with E-state index in [1.54, 1.807) is 19.0 Å². The molecule has 2 aliphatic heterocycles. The van der Waals surface area contributed by atoms with Crippen molar-refractivity contribution in [3.63, 3.8) is 0 Å². The van der Waals surface area contributed by atoms with E-state index < -0.39 is 5.54 Å². The largest absolute Gasteiger partial charge is 0.348 e. The molecule has 2 aliphatic rings. The minimum absolute atomic E-state index is 0.0568. The normalized spacial score (nSPS) is 23.7. The molecule has 1 aromatic heterocycles. The molecule has 7 nitrogen and oxygen atoms in total. The van der Waals surface area contributed by atoms with E-state index in [1.165, 1.54) is 0 Å². The molecule has 3 heterocycles. The summed E-state index contributed by atoms with van der Waals surface area (Å²) in [5.74, 6) is 0.506. The van der Waals surface area contributed by atoms with E-state index in [0.717, 1.165) is 36.2 Å². The summed E-state index contributed by atoms with van der Waals surface area (Å²) in [4.78, 5) is 38.9. The lowest BCUT2D eigenvalue weighted by molar-refractivity contribution is -0.134. The molecule has 4 rings (SSSR count). The number of fused-ring (bicyclic) bond motifs is 1. The molecule has 2 atom stereocenters. The van der Waals surface area contributed by atoms with Gasteiger partial charge in [-0.1, -0.05) is 25.1 Å². The summed E-state index contributed by atoms with van der Waals surface area (Å²) in [6.07, 6.45) is 6.04. The molecule has 2 aromatic rings. The average molecular weight is 408 g/mol. The van der Waals surface area contributed by atoms with Crippen LogP contribution in [0.2, 0.25) is 0 Å². The van der Waals surface area contributed by atoms with Gasteiger partial charge in [0.1, 0.15) is 5.82 Å². The quantitative estimate of drug-likeness (QED) is 0.834. The van der Waals surface area contributed by atoms with Crippen molar-refractivity contribution in [2.45, 2.75) is 38.3 Å². The molecule has 0 radical (unpaired) electrons. The summed E-state index contributed by atoms with van der Waals surface area (Å²) in [5.41, 5.74) is 2.20. The van der Waals surface area contributed by atoms with E-state index in [4.69, 9.17) is 0 Å². The van der Waals surface area contributed by atoms with E-state index in [1.807, 2.05) is 43.6 Å². The van der Waals surface area contributed by atoms with Gasteiger partial charge in [-0.2, -0.15) is 0 Å². The molecule has 0 unspecified atom stereocenters. The number of nitrogens with one attached hydrogen (secondary N) is 1. The first-order chi connectivity index (χ1) is 14.4. The summed E-state index contributed by atoms with van der Waals surface area (Å²) in [6, 6.07) is 7.73. The smallest absolute Gasteiger partial charge is 0.252 e. The molecular weight excluding hydrogens is 378 g/mol. The Balaban J connectivity index is 1.61. The Kier molecular flexibility index (Phi) is 5.56. The highest BCUT2D eigenvalue weighted by molar-refractivity contribution is 5.97. The van der Waals surface area contributed by atoms with Crippen molar-refractivity contribution in [1.29, 1.82) is 0 Å². The maximum Gasteiger partial charge on any atom is 0.252 e. The average Bonchev–Trinajstić information content (AvgIpc) is 3.02. The number of hydrogen-bond acceptors (Lipinski definition) is 5. The van der Waals surface area contributed by atoms with E-state index in [2.05, 4.69) is 20.2 Å². The van der Waals surface area contributed by atoms with Crippen LogP contribution in [-0.4, -0.2) is 64.3 Å². The Hall–Kier alpha value is -2.80. The van der Waals surface area contributed by atoms with Crippen LogP contribution in [0.4, 0.5) is 0 Å². The zero-order valence-corrected chi connectivity index (χ0v) is 17.9. The Bertz CT molecular complexity index is 943. The minimum atomic E-state index is -0.582. The molecule has 158 valence electrons. The number of nitrogens with zero attached hydrogens (tertiary/aromatic N) is 4. The maximum absolute atomic E-state index is 13.1. The number of aromatic nitrogens is 2. The van der Waals surface area contributed by atoms with Crippen LogP contribution < -0.4 is 5.32 Å². The summed E-state index contributed by atoms with van der Waals surface area (Å²) < 4.78 is 0. The van der Waals surface area contributed by atoms with Crippen LogP contribution >= 0.6 is 0 Å². The number of hydrogen-bond donors (Lipinski definition) is 1. The van der Waals surface area contributed by atoms with Crippen molar-refractivity contribution in [2.75, 3.05) is 27.2 Å². The van der Waals surface area contributed by atoms with E-state index in [0.29, 0.717) is 25.2 Å². The zero-order valence-electron chi connectivity index (χ0n) is 17.9. The SMILES string of the molecule is CCc1ncc(CN2C[C@H](C(=O)N(C)C)[C@]3(CCc4ccccc4C(=O)N3)C2)cn1. The molecular formula is C23H29N5O2. The number of rotatable bonds is 4. The third kappa shape index (κ3) is 3.81. The Morgan fingerprint density at radius 1 is 1.27 bits per heavy atom. The summed E-state index contributed by atoms with van der Waals surface area (Å²) in [5, 5.41) is 3.27. The predicted molar refractivity (Wildman–Crippen MR) is 114 cm³/mol. The highest BCUT2D eigenvalue weighted by Gasteiger charge is 2.52. The molecule has 1 spiro atoms. The first-order valence-corrected chi connectivity index (χ1v) is 10.6. The van der Waals surface area contributed by atoms with Gasteiger partial charge in [-0.3, -0.25) is 14.5 Å². The standard InChI is InChI=1S/C23H29N5O2/c1-4-20-24-11-16(12-25-20)13-28-14-19(22(30)27(2)3)23(15-28)10-9-17-7-5-6-8-18(17)21(29)26-23/h5-8,11-12,19H,4,9-10,13-15H2,1-3H3,(H,26,29)/t19-,23+/m1/s1. The van der Waals surface area contributed by atoms with Crippen LogP contribution in [0.25, 0.3) is 0 Å². The lowest BCUT2D eigenvalue weighted by Crippen LogP contribution is -2.57. The van der Waals surface area contributed by atoms with Gasteiger partial charge >= 0.3 is 0 Å². The van der Waals surface area contributed by atoms with Crippen LogP contribution in [0.15, 0.2) is 36.7 Å². The third-order valence-electron chi connectivity index (χ3n) is 6.30. The van der Waals surface area contributed by atoms with Crippen LogP contribution in [0.3, 0.4) is 0 Å². The van der Waals surface area contributed by atoms with Crippen molar-refractivity contribution in [1.82, 2.24) is 25.1 Å². The molecule has 1 aromatic carbocycles. The van der Waals surface area contributed by atoms with Crippen molar-refractivity contribution >= 4 is 11.8 Å². The lowest BCUT2D eigenvalue weighted by Gasteiger charge is -2.35. The maximum atomic E-state index is 13.1. The second-order valence-electron chi connectivity index (χ2n) is 8.58. The lowest BCUT2D eigenvalue weighted by atomic mass is 9.81. The Labute approximate surface area is 177 Å². The van der Waals surface area contributed by atoms with Crippen molar-refractivity contribution in [3.05, 3.63) is 59.2 Å². The fraction of sp³-hybridized carbons (Fsp3) is 0.478. The van der Waals surface area contributed by atoms with Crippen LogP contribution in [0.1, 0.15) is 40.7 Å². The fourth-order valence-corrected chi connectivity index (χ4v) is 4.71. The number of benzene rings is 1. The number of carbonyl (C=O) groups is 2.